The fourth-order valence-electron chi connectivity index (χ4n) is 6.15. The van der Waals surface area contributed by atoms with Gasteiger partial charge in [0.1, 0.15) is 12.3 Å². The van der Waals surface area contributed by atoms with E-state index in [1.54, 1.807) is 22.2 Å². The van der Waals surface area contributed by atoms with Crippen LogP contribution in [-0.2, 0) is 15.0 Å². The minimum Gasteiger partial charge on any atom is -0.492 e. The first-order chi connectivity index (χ1) is 17.6. The first-order valence-corrected chi connectivity index (χ1v) is 12.7. The summed E-state index contributed by atoms with van der Waals surface area (Å²) >= 11 is 0. The van der Waals surface area contributed by atoms with Crippen LogP contribution in [0.3, 0.4) is 0 Å². The van der Waals surface area contributed by atoms with Gasteiger partial charge in [0.25, 0.3) is 0 Å². The van der Waals surface area contributed by atoms with Crippen LogP contribution in [0.1, 0.15) is 44.1 Å². The number of nitrogens with zero attached hydrogens (tertiary/aromatic N) is 4. The lowest BCUT2D eigenvalue weighted by Crippen LogP contribution is -2.48. The van der Waals surface area contributed by atoms with Crippen LogP contribution >= 0.6 is 0 Å². The van der Waals surface area contributed by atoms with Crippen LogP contribution in [0.5, 0.6) is 5.75 Å². The third kappa shape index (κ3) is 3.70. The van der Waals surface area contributed by atoms with Crippen molar-refractivity contribution < 1.29 is 14.3 Å². The zero-order valence-electron chi connectivity index (χ0n) is 20.2. The van der Waals surface area contributed by atoms with Crippen LogP contribution in [0.4, 0.5) is 5.69 Å². The van der Waals surface area contributed by atoms with Gasteiger partial charge in [-0.05, 0) is 62.1 Å². The van der Waals surface area contributed by atoms with Crippen LogP contribution in [-0.4, -0.2) is 57.6 Å². The number of hydrogen-bond donors (Lipinski definition) is 1. The molecule has 2 aliphatic heterocycles. The van der Waals surface area contributed by atoms with Crippen molar-refractivity contribution in [3.8, 4) is 18.1 Å². The lowest BCUT2D eigenvalue weighted by Gasteiger charge is -2.36. The Labute approximate surface area is 210 Å². The molecule has 2 aromatic heterocycles. The van der Waals surface area contributed by atoms with Crippen LogP contribution in [0.15, 0.2) is 42.7 Å². The Hall–Kier alpha value is -3.86. The molecule has 3 aromatic rings. The molecule has 1 aromatic carbocycles. The quantitative estimate of drug-likeness (QED) is 0.562. The number of likely N-dealkylation sites (tertiary alicyclic amines) is 1. The summed E-state index contributed by atoms with van der Waals surface area (Å²) in [6, 6.07) is 9.72. The van der Waals surface area contributed by atoms with Gasteiger partial charge in [-0.3, -0.25) is 14.7 Å². The van der Waals surface area contributed by atoms with Crippen molar-refractivity contribution in [2.45, 2.75) is 50.0 Å². The SMILES string of the molecule is C#CC1CCCN1C(=O)CN1C(=O)C2(CCC(COc3cnc4[nH]ncc4c3)CC2)c2ccccc21. The molecule has 2 fully saturated rings. The smallest absolute Gasteiger partial charge is 0.243 e. The number of aromatic nitrogens is 3. The number of anilines is 1. The number of pyridine rings is 1. The predicted molar refractivity (Wildman–Crippen MR) is 135 cm³/mol. The van der Waals surface area contributed by atoms with E-state index >= 15 is 0 Å². The van der Waals surface area contributed by atoms with Crippen molar-refractivity contribution in [3.63, 3.8) is 0 Å². The first kappa shape index (κ1) is 22.6. The summed E-state index contributed by atoms with van der Waals surface area (Å²) in [6.45, 7) is 1.29. The number of para-hydroxylation sites is 1. The standard InChI is InChI=1S/C28H29N5O3/c1-2-21-6-5-13-32(21)25(34)17-33-24-8-4-3-7-23(24)28(27(33)35)11-9-19(10-12-28)18-36-22-14-20-15-30-31-26(20)29-16-22/h1,3-4,7-8,14-16,19,21H,5-6,9-13,17-18H2,(H,29,30,31). The van der Waals surface area contributed by atoms with E-state index in [0.717, 1.165) is 66.6 Å². The molecule has 0 radical (unpaired) electrons. The Morgan fingerprint density at radius 2 is 2.06 bits per heavy atom. The number of carbonyl (C=O) groups is 2. The second-order valence-corrected chi connectivity index (χ2v) is 10.1. The number of fused-ring (bicyclic) bond motifs is 3. The van der Waals surface area contributed by atoms with E-state index in [1.807, 2.05) is 24.3 Å². The summed E-state index contributed by atoms with van der Waals surface area (Å²) in [7, 11) is 0. The summed E-state index contributed by atoms with van der Waals surface area (Å²) < 4.78 is 6.06. The molecule has 8 nitrogen and oxygen atoms in total. The predicted octanol–water partition coefficient (Wildman–Crippen LogP) is 3.44. The van der Waals surface area contributed by atoms with E-state index < -0.39 is 5.41 Å². The molecule has 2 amide bonds. The van der Waals surface area contributed by atoms with Crippen LogP contribution in [0, 0.1) is 18.3 Å². The van der Waals surface area contributed by atoms with Gasteiger partial charge in [0.05, 0.1) is 30.5 Å². The van der Waals surface area contributed by atoms with Crippen molar-refractivity contribution in [1.29, 1.82) is 0 Å². The van der Waals surface area contributed by atoms with Gasteiger partial charge in [-0.1, -0.05) is 24.1 Å². The molecular formula is C28H29N5O3. The number of hydrogen-bond acceptors (Lipinski definition) is 5. The molecule has 0 bridgehead atoms. The largest absolute Gasteiger partial charge is 0.492 e. The van der Waals surface area contributed by atoms with Crippen LogP contribution in [0.25, 0.3) is 11.0 Å². The Balaban J connectivity index is 1.14. The number of benzene rings is 1. The number of H-pyrrole nitrogens is 1. The van der Waals surface area contributed by atoms with Gasteiger partial charge in [0.15, 0.2) is 5.65 Å². The van der Waals surface area contributed by atoms with Gasteiger partial charge in [0, 0.05) is 17.6 Å². The molecule has 1 saturated carbocycles. The second-order valence-electron chi connectivity index (χ2n) is 10.1. The summed E-state index contributed by atoms with van der Waals surface area (Å²) in [6.07, 6.45) is 14.1. The Kier molecular flexibility index (Phi) is 5.63. The lowest BCUT2D eigenvalue weighted by molar-refractivity contribution is -0.132. The maximum absolute atomic E-state index is 13.9. The summed E-state index contributed by atoms with van der Waals surface area (Å²) in [4.78, 5) is 34.8. The van der Waals surface area contributed by atoms with Crippen LogP contribution < -0.4 is 9.64 Å². The zero-order chi connectivity index (χ0) is 24.7. The number of amides is 2. The maximum atomic E-state index is 13.9. The fraction of sp³-hybridized carbons (Fsp3) is 0.429. The topological polar surface area (TPSA) is 91.4 Å². The molecule has 1 N–H and O–H groups in total. The number of terminal acetylenes is 1. The van der Waals surface area contributed by atoms with E-state index in [1.165, 1.54) is 0 Å². The highest BCUT2D eigenvalue weighted by atomic mass is 16.5. The molecule has 3 aliphatic rings. The first-order valence-electron chi connectivity index (χ1n) is 12.7. The molecule has 1 spiro atoms. The molecule has 4 heterocycles. The highest BCUT2D eigenvalue weighted by molar-refractivity contribution is 6.10. The van der Waals surface area contributed by atoms with Crippen molar-refractivity contribution in [2.75, 3.05) is 24.6 Å². The van der Waals surface area contributed by atoms with Gasteiger partial charge in [0.2, 0.25) is 11.8 Å². The lowest BCUT2D eigenvalue weighted by atomic mass is 9.67. The maximum Gasteiger partial charge on any atom is 0.243 e. The normalized spacial score (nSPS) is 25.4. The Morgan fingerprint density at radius 1 is 1.22 bits per heavy atom. The van der Waals surface area contributed by atoms with Gasteiger partial charge in [-0.2, -0.15) is 5.10 Å². The van der Waals surface area contributed by atoms with E-state index in [0.29, 0.717) is 19.1 Å². The number of ether oxygens (including phenoxy) is 1. The fourth-order valence-corrected chi connectivity index (χ4v) is 6.15. The van der Waals surface area contributed by atoms with E-state index in [4.69, 9.17) is 11.2 Å². The average Bonchev–Trinajstić information content (AvgIpc) is 3.63. The molecule has 1 saturated heterocycles. The number of carbonyl (C=O) groups excluding carboxylic acids is 2. The Morgan fingerprint density at radius 3 is 2.89 bits per heavy atom. The van der Waals surface area contributed by atoms with Gasteiger partial charge >= 0.3 is 0 Å². The molecule has 6 rings (SSSR count). The molecule has 184 valence electrons. The summed E-state index contributed by atoms with van der Waals surface area (Å²) in [5.74, 6) is 3.78. The molecule has 1 aliphatic carbocycles. The zero-order valence-corrected chi connectivity index (χ0v) is 20.2. The van der Waals surface area contributed by atoms with Crippen molar-refractivity contribution >= 4 is 28.5 Å². The highest BCUT2D eigenvalue weighted by Crippen LogP contribution is 2.51. The van der Waals surface area contributed by atoms with E-state index in [2.05, 4.69) is 27.2 Å². The third-order valence-electron chi connectivity index (χ3n) is 8.13. The highest BCUT2D eigenvalue weighted by Gasteiger charge is 2.52. The molecule has 36 heavy (non-hydrogen) atoms. The minimum absolute atomic E-state index is 0.0440. The van der Waals surface area contributed by atoms with E-state index in [9.17, 15) is 9.59 Å². The Bertz CT molecular complexity index is 1350. The number of rotatable bonds is 5. The summed E-state index contributed by atoms with van der Waals surface area (Å²) in [5.41, 5.74) is 2.08. The number of nitrogens with one attached hydrogen (secondary N) is 1. The third-order valence-corrected chi connectivity index (χ3v) is 8.13. The van der Waals surface area contributed by atoms with E-state index in [-0.39, 0.29) is 24.4 Å². The number of aromatic amines is 1. The van der Waals surface area contributed by atoms with Gasteiger partial charge < -0.3 is 14.5 Å². The molecular weight excluding hydrogens is 454 g/mol. The minimum atomic E-state index is -0.568. The molecule has 1 unspecified atom stereocenters. The van der Waals surface area contributed by atoms with Crippen LogP contribution in [0.2, 0.25) is 0 Å². The average molecular weight is 484 g/mol. The second kappa shape index (κ2) is 8.98. The molecule has 1 atom stereocenters. The van der Waals surface area contributed by atoms with Crippen molar-refractivity contribution in [2.24, 2.45) is 5.92 Å². The van der Waals surface area contributed by atoms with Gasteiger partial charge in [-0.25, -0.2) is 4.98 Å². The molecule has 8 heteroatoms. The van der Waals surface area contributed by atoms with Gasteiger partial charge in [-0.15, -0.1) is 6.42 Å². The van der Waals surface area contributed by atoms with Crippen molar-refractivity contribution in [1.82, 2.24) is 20.1 Å². The van der Waals surface area contributed by atoms with Crippen molar-refractivity contribution in [3.05, 3.63) is 48.3 Å². The monoisotopic (exact) mass is 483 g/mol. The summed E-state index contributed by atoms with van der Waals surface area (Å²) in [5, 5.41) is 7.76.